The Morgan fingerprint density at radius 1 is 1.37 bits per heavy atom. The summed E-state index contributed by atoms with van der Waals surface area (Å²) in [6.07, 6.45) is 4.34. The van der Waals surface area contributed by atoms with Crippen LogP contribution in [0.2, 0.25) is 5.02 Å². The first-order chi connectivity index (χ1) is 9.08. The summed E-state index contributed by atoms with van der Waals surface area (Å²) in [6.45, 7) is 5.27. The molecule has 1 N–H and O–H groups in total. The number of carbonyl (C=O) groups is 1. The monoisotopic (exact) mass is 281 g/mol. The van der Waals surface area contributed by atoms with E-state index < -0.39 is 0 Å². The van der Waals surface area contributed by atoms with E-state index in [0.717, 1.165) is 12.0 Å². The predicted molar refractivity (Wildman–Crippen MR) is 79.2 cm³/mol. The van der Waals surface area contributed by atoms with Crippen LogP contribution in [0.5, 0.6) is 0 Å². The average Bonchev–Trinajstić information content (AvgIpc) is 2.37. The van der Waals surface area contributed by atoms with Crippen LogP contribution in [0.3, 0.4) is 0 Å². The summed E-state index contributed by atoms with van der Waals surface area (Å²) in [4.78, 5) is 11.5. The van der Waals surface area contributed by atoms with Gasteiger partial charge in [0.2, 0.25) is 5.91 Å². The van der Waals surface area contributed by atoms with Crippen LogP contribution in [0.25, 0.3) is 6.08 Å². The number of hydrogen-bond donors (Lipinski definition) is 1. The van der Waals surface area contributed by atoms with Crippen molar-refractivity contribution in [2.45, 2.75) is 26.4 Å². The number of ether oxygens (including phenoxy) is 1. The largest absolute Gasteiger partial charge is 0.379 e. The molecule has 0 unspecified atom stereocenters. The zero-order valence-corrected chi connectivity index (χ0v) is 12.1. The average molecular weight is 282 g/mol. The minimum Gasteiger partial charge on any atom is -0.379 e. The number of benzene rings is 1. The molecule has 1 aromatic carbocycles. The summed E-state index contributed by atoms with van der Waals surface area (Å²) < 4.78 is 5.38. The molecular weight excluding hydrogens is 262 g/mol. The Balaban J connectivity index is 2.22. The van der Waals surface area contributed by atoms with Crippen molar-refractivity contribution in [1.82, 2.24) is 5.32 Å². The standard InChI is InChI=1S/C15H20ClNO2/c1-12(2)19-11-3-10-17-15(18)9-6-13-4-7-14(16)8-5-13/h4-9,12H,3,10-11H2,1-2H3,(H,17,18)/b9-6+. The van der Waals surface area contributed by atoms with Crippen LogP contribution >= 0.6 is 11.6 Å². The lowest BCUT2D eigenvalue weighted by Crippen LogP contribution is -2.23. The third-order valence-electron chi connectivity index (χ3n) is 2.37. The fourth-order valence-corrected chi connectivity index (χ4v) is 1.53. The number of nitrogens with one attached hydrogen (secondary N) is 1. The molecule has 1 rings (SSSR count). The number of rotatable bonds is 7. The van der Waals surface area contributed by atoms with Gasteiger partial charge in [-0.1, -0.05) is 23.7 Å². The van der Waals surface area contributed by atoms with Crippen molar-refractivity contribution in [3.05, 3.63) is 40.9 Å². The second-order valence-electron chi connectivity index (χ2n) is 4.45. The van der Waals surface area contributed by atoms with E-state index in [-0.39, 0.29) is 12.0 Å². The highest BCUT2D eigenvalue weighted by Gasteiger charge is 1.96. The third-order valence-corrected chi connectivity index (χ3v) is 2.62. The van der Waals surface area contributed by atoms with Gasteiger partial charge < -0.3 is 10.1 Å². The van der Waals surface area contributed by atoms with Crippen molar-refractivity contribution < 1.29 is 9.53 Å². The van der Waals surface area contributed by atoms with Crippen LogP contribution in [0, 0.1) is 0 Å². The van der Waals surface area contributed by atoms with E-state index in [4.69, 9.17) is 16.3 Å². The quantitative estimate of drug-likeness (QED) is 0.615. The Hall–Kier alpha value is -1.32. The van der Waals surface area contributed by atoms with Crippen molar-refractivity contribution in [1.29, 1.82) is 0 Å². The Morgan fingerprint density at radius 2 is 2.05 bits per heavy atom. The number of halogens is 1. The van der Waals surface area contributed by atoms with E-state index in [9.17, 15) is 4.79 Å². The summed E-state index contributed by atoms with van der Waals surface area (Å²) in [5.74, 6) is -0.0977. The number of hydrogen-bond acceptors (Lipinski definition) is 2. The van der Waals surface area contributed by atoms with Gasteiger partial charge in [-0.2, -0.15) is 0 Å². The summed E-state index contributed by atoms with van der Waals surface area (Å²) >= 11 is 5.78. The molecule has 4 heteroatoms. The molecule has 0 bridgehead atoms. The highest BCUT2D eigenvalue weighted by atomic mass is 35.5. The Bertz CT molecular complexity index is 413. The highest BCUT2D eigenvalue weighted by Crippen LogP contribution is 2.10. The minimum atomic E-state index is -0.0977. The minimum absolute atomic E-state index is 0.0977. The smallest absolute Gasteiger partial charge is 0.244 e. The van der Waals surface area contributed by atoms with Crippen LogP contribution in [-0.4, -0.2) is 25.2 Å². The fraction of sp³-hybridized carbons (Fsp3) is 0.400. The van der Waals surface area contributed by atoms with Crippen molar-refractivity contribution >= 4 is 23.6 Å². The first-order valence-electron chi connectivity index (χ1n) is 6.41. The summed E-state index contributed by atoms with van der Waals surface area (Å²) in [7, 11) is 0. The normalized spacial score (nSPS) is 11.2. The van der Waals surface area contributed by atoms with Crippen LogP contribution in [0.15, 0.2) is 30.3 Å². The molecule has 104 valence electrons. The zero-order chi connectivity index (χ0) is 14.1. The Labute approximate surface area is 119 Å². The molecule has 0 saturated carbocycles. The molecule has 0 aliphatic rings. The summed E-state index contributed by atoms with van der Waals surface area (Å²) in [5.41, 5.74) is 0.947. The van der Waals surface area contributed by atoms with Crippen molar-refractivity contribution in [2.24, 2.45) is 0 Å². The topological polar surface area (TPSA) is 38.3 Å². The molecule has 0 aliphatic heterocycles. The molecule has 19 heavy (non-hydrogen) atoms. The van der Waals surface area contributed by atoms with Gasteiger partial charge in [-0.15, -0.1) is 0 Å². The molecular formula is C15H20ClNO2. The predicted octanol–water partition coefficient (Wildman–Crippen LogP) is 3.28. The van der Waals surface area contributed by atoms with Crippen LogP contribution in [0.4, 0.5) is 0 Å². The van der Waals surface area contributed by atoms with E-state index >= 15 is 0 Å². The molecule has 1 amide bonds. The molecule has 0 aliphatic carbocycles. The van der Waals surface area contributed by atoms with Crippen LogP contribution in [0.1, 0.15) is 25.8 Å². The lowest BCUT2D eigenvalue weighted by molar-refractivity contribution is -0.116. The summed E-state index contributed by atoms with van der Waals surface area (Å²) in [6, 6.07) is 7.32. The molecule has 0 spiro atoms. The van der Waals surface area contributed by atoms with Gasteiger partial charge in [0.25, 0.3) is 0 Å². The molecule has 1 aromatic rings. The lowest BCUT2D eigenvalue weighted by atomic mass is 10.2. The zero-order valence-electron chi connectivity index (χ0n) is 11.4. The molecule has 0 saturated heterocycles. The van der Waals surface area contributed by atoms with E-state index in [0.29, 0.717) is 18.2 Å². The first kappa shape index (κ1) is 15.7. The van der Waals surface area contributed by atoms with E-state index in [1.165, 1.54) is 6.08 Å². The maximum absolute atomic E-state index is 11.5. The van der Waals surface area contributed by atoms with Crippen molar-refractivity contribution in [3.8, 4) is 0 Å². The molecule has 0 atom stereocenters. The molecule has 0 heterocycles. The van der Waals surface area contributed by atoms with E-state index in [1.54, 1.807) is 18.2 Å². The van der Waals surface area contributed by atoms with Gasteiger partial charge in [0, 0.05) is 24.3 Å². The highest BCUT2D eigenvalue weighted by molar-refractivity contribution is 6.30. The van der Waals surface area contributed by atoms with Gasteiger partial charge in [-0.05, 0) is 44.0 Å². The van der Waals surface area contributed by atoms with Gasteiger partial charge in [-0.25, -0.2) is 0 Å². The van der Waals surface area contributed by atoms with Crippen LogP contribution in [-0.2, 0) is 9.53 Å². The van der Waals surface area contributed by atoms with Gasteiger partial charge in [0.1, 0.15) is 0 Å². The Kier molecular flexibility index (Phi) is 7.23. The number of amides is 1. The maximum atomic E-state index is 11.5. The SMILES string of the molecule is CC(C)OCCCNC(=O)/C=C/c1ccc(Cl)cc1. The third kappa shape index (κ3) is 7.65. The second-order valence-corrected chi connectivity index (χ2v) is 4.89. The Morgan fingerprint density at radius 3 is 2.68 bits per heavy atom. The molecule has 0 aromatic heterocycles. The fourth-order valence-electron chi connectivity index (χ4n) is 1.41. The van der Waals surface area contributed by atoms with Crippen molar-refractivity contribution in [2.75, 3.05) is 13.2 Å². The molecule has 3 nitrogen and oxygen atoms in total. The van der Waals surface area contributed by atoms with Gasteiger partial charge in [0.05, 0.1) is 6.10 Å². The van der Waals surface area contributed by atoms with Crippen LogP contribution < -0.4 is 5.32 Å². The first-order valence-corrected chi connectivity index (χ1v) is 6.79. The van der Waals surface area contributed by atoms with Crippen molar-refractivity contribution in [3.63, 3.8) is 0 Å². The van der Waals surface area contributed by atoms with E-state index in [2.05, 4.69) is 5.32 Å². The van der Waals surface area contributed by atoms with Gasteiger partial charge in [-0.3, -0.25) is 4.79 Å². The van der Waals surface area contributed by atoms with E-state index in [1.807, 2.05) is 26.0 Å². The second kappa shape index (κ2) is 8.73. The molecule has 0 radical (unpaired) electrons. The maximum Gasteiger partial charge on any atom is 0.244 e. The number of carbonyl (C=O) groups excluding carboxylic acids is 1. The van der Waals surface area contributed by atoms with Gasteiger partial charge >= 0.3 is 0 Å². The summed E-state index contributed by atoms with van der Waals surface area (Å²) in [5, 5.41) is 3.49. The van der Waals surface area contributed by atoms with Gasteiger partial charge in [0.15, 0.2) is 0 Å². The molecule has 0 fully saturated rings. The lowest BCUT2D eigenvalue weighted by Gasteiger charge is -2.07.